The summed E-state index contributed by atoms with van der Waals surface area (Å²) in [6.45, 7) is 0.958. The summed E-state index contributed by atoms with van der Waals surface area (Å²) in [5, 5.41) is 4.45. The van der Waals surface area contributed by atoms with Gasteiger partial charge in [0.1, 0.15) is 22.9 Å². The van der Waals surface area contributed by atoms with Crippen molar-refractivity contribution in [3.63, 3.8) is 0 Å². The Kier molecular flexibility index (Phi) is 6.92. The van der Waals surface area contributed by atoms with Crippen molar-refractivity contribution in [1.29, 1.82) is 0 Å². The van der Waals surface area contributed by atoms with Crippen LogP contribution in [0.1, 0.15) is 5.56 Å². The van der Waals surface area contributed by atoms with Gasteiger partial charge in [-0.15, -0.1) is 0 Å². The SMILES string of the molecule is Cc1c(F)c(F)c(F)c(Nc2ccc(Oc3ccc(Nc4c(F)c(F)c(F)c(F)c4F)cc3)cc2)c1F. The molecule has 0 unspecified atom stereocenters. The van der Waals surface area contributed by atoms with Gasteiger partial charge >= 0.3 is 0 Å². The Morgan fingerprint density at radius 2 is 0.757 bits per heavy atom. The number of benzene rings is 4. The van der Waals surface area contributed by atoms with Crippen LogP contribution in [0, 0.1) is 59.3 Å². The van der Waals surface area contributed by atoms with Crippen molar-refractivity contribution < 1.29 is 44.3 Å². The molecular weight excluding hydrogens is 515 g/mol. The highest BCUT2D eigenvalue weighted by molar-refractivity contribution is 5.64. The minimum Gasteiger partial charge on any atom is -0.457 e. The molecule has 0 aliphatic carbocycles. The second kappa shape index (κ2) is 9.96. The van der Waals surface area contributed by atoms with Gasteiger partial charge in [0.15, 0.2) is 46.5 Å². The molecule has 0 heterocycles. The zero-order chi connectivity index (χ0) is 27.0. The first-order valence-electron chi connectivity index (χ1n) is 10.3. The molecule has 3 nitrogen and oxygen atoms in total. The summed E-state index contributed by atoms with van der Waals surface area (Å²) in [6.07, 6.45) is 0. The Balaban J connectivity index is 1.47. The van der Waals surface area contributed by atoms with E-state index >= 15 is 0 Å². The zero-order valence-corrected chi connectivity index (χ0v) is 18.4. The molecule has 0 amide bonds. The lowest BCUT2D eigenvalue weighted by atomic mass is 10.1. The van der Waals surface area contributed by atoms with Crippen LogP contribution in [0.25, 0.3) is 0 Å². The van der Waals surface area contributed by atoms with Crippen molar-refractivity contribution in [3.8, 4) is 11.5 Å². The lowest BCUT2D eigenvalue weighted by Gasteiger charge is -2.13. The first kappa shape index (κ1) is 25.7. The average molecular weight is 528 g/mol. The van der Waals surface area contributed by atoms with Gasteiger partial charge in [0.25, 0.3) is 0 Å². The molecule has 0 bridgehead atoms. The van der Waals surface area contributed by atoms with Gasteiger partial charge in [-0.25, -0.2) is 39.5 Å². The van der Waals surface area contributed by atoms with Crippen LogP contribution in [0.15, 0.2) is 48.5 Å². The van der Waals surface area contributed by atoms with Crippen molar-refractivity contribution in [2.75, 3.05) is 10.6 Å². The first-order valence-corrected chi connectivity index (χ1v) is 10.3. The first-order chi connectivity index (χ1) is 17.5. The monoisotopic (exact) mass is 528 g/mol. The van der Waals surface area contributed by atoms with Crippen molar-refractivity contribution >= 4 is 22.7 Å². The van der Waals surface area contributed by atoms with Gasteiger partial charge in [-0.05, 0) is 55.5 Å². The second-order valence-electron chi connectivity index (χ2n) is 7.60. The topological polar surface area (TPSA) is 33.3 Å². The lowest BCUT2D eigenvalue weighted by Crippen LogP contribution is -2.06. The Hall–Kier alpha value is -4.35. The third-order valence-electron chi connectivity index (χ3n) is 5.18. The largest absolute Gasteiger partial charge is 0.457 e. The minimum atomic E-state index is -2.28. The summed E-state index contributed by atoms with van der Waals surface area (Å²) in [5.74, 6) is -16.5. The molecule has 4 rings (SSSR count). The van der Waals surface area contributed by atoms with Gasteiger partial charge in [-0.2, -0.15) is 0 Å². The summed E-state index contributed by atoms with van der Waals surface area (Å²) in [5.41, 5.74) is -2.68. The molecule has 4 aromatic rings. The number of hydrogen-bond acceptors (Lipinski definition) is 3. The molecule has 4 aromatic carbocycles. The fourth-order valence-electron chi connectivity index (χ4n) is 3.21. The maximum atomic E-state index is 14.2. The summed E-state index contributed by atoms with van der Waals surface area (Å²) in [6, 6.07) is 10.6. The van der Waals surface area contributed by atoms with Crippen LogP contribution < -0.4 is 15.4 Å². The zero-order valence-electron chi connectivity index (χ0n) is 18.4. The van der Waals surface area contributed by atoms with Crippen molar-refractivity contribution in [2.45, 2.75) is 6.92 Å². The Morgan fingerprint density at radius 1 is 0.432 bits per heavy atom. The van der Waals surface area contributed by atoms with Gasteiger partial charge in [0.05, 0.1) is 0 Å². The van der Waals surface area contributed by atoms with Gasteiger partial charge in [-0.3, -0.25) is 0 Å². The van der Waals surface area contributed by atoms with Gasteiger partial charge in [0, 0.05) is 16.9 Å². The molecular formula is C25H13F9N2O. The smallest absolute Gasteiger partial charge is 0.200 e. The molecule has 0 saturated carbocycles. The predicted molar refractivity (Wildman–Crippen MR) is 117 cm³/mol. The van der Waals surface area contributed by atoms with E-state index in [9.17, 15) is 39.5 Å². The Morgan fingerprint density at radius 3 is 1.16 bits per heavy atom. The molecule has 0 aromatic heterocycles. The molecule has 0 spiro atoms. The fourth-order valence-corrected chi connectivity index (χ4v) is 3.21. The molecule has 192 valence electrons. The second-order valence-corrected chi connectivity index (χ2v) is 7.60. The van der Waals surface area contributed by atoms with Crippen LogP contribution in [0.3, 0.4) is 0 Å². The quantitative estimate of drug-likeness (QED) is 0.150. The van der Waals surface area contributed by atoms with E-state index < -0.39 is 69.3 Å². The van der Waals surface area contributed by atoms with Crippen LogP contribution in [-0.4, -0.2) is 0 Å². The van der Waals surface area contributed by atoms with E-state index in [4.69, 9.17) is 4.74 Å². The summed E-state index contributed by atoms with van der Waals surface area (Å²) >= 11 is 0. The summed E-state index contributed by atoms with van der Waals surface area (Å²) in [4.78, 5) is 0. The van der Waals surface area contributed by atoms with E-state index in [-0.39, 0.29) is 22.9 Å². The maximum absolute atomic E-state index is 14.2. The molecule has 0 radical (unpaired) electrons. The highest BCUT2D eigenvalue weighted by Gasteiger charge is 2.26. The third kappa shape index (κ3) is 4.86. The Bertz CT molecular complexity index is 1320. The fraction of sp³-hybridized carbons (Fsp3) is 0.0400. The van der Waals surface area contributed by atoms with E-state index in [0.717, 1.165) is 6.92 Å². The highest BCUT2D eigenvalue weighted by Crippen LogP contribution is 2.33. The average Bonchev–Trinajstić information content (AvgIpc) is 2.91. The minimum absolute atomic E-state index is 0.0130. The van der Waals surface area contributed by atoms with Crippen LogP contribution in [-0.2, 0) is 0 Å². The van der Waals surface area contributed by atoms with E-state index in [1.54, 1.807) is 0 Å². The molecule has 0 aliphatic heterocycles. The van der Waals surface area contributed by atoms with Gasteiger partial charge < -0.3 is 15.4 Å². The van der Waals surface area contributed by atoms with Gasteiger partial charge in [0.2, 0.25) is 5.82 Å². The maximum Gasteiger partial charge on any atom is 0.200 e. The number of hydrogen-bond donors (Lipinski definition) is 2. The summed E-state index contributed by atoms with van der Waals surface area (Å²) in [7, 11) is 0. The number of nitrogens with one attached hydrogen (secondary N) is 2. The van der Waals surface area contributed by atoms with Crippen LogP contribution in [0.5, 0.6) is 11.5 Å². The van der Waals surface area contributed by atoms with E-state index in [2.05, 4.69) is 10.6 Å². The lowest BCUT2D eigenvalue weighted by molar-refractivity contribution is 0.382. The van der Waals surface area contributed by atoms with E-state index in [0.29, 0.717) is 0 Å². The molecule has 2 N–H and O–H groups in total. The van der Waals surface area contributed by atoms with Crippen molar-refractivity contribution in [2.24, 2.45) is 0 Å². The van der Waals surface area contributed by atoms with Crippen LogP contribution >= 0.6 is 0 Å². The molecule has 0 atom stereocenters. The van der Waals surface area contributed by atoms with E-state index in [1.807, 2.05) is 0 Å². The molecule has 0 fully saturated rings. The number of anilines is 4. The van der Waals surface area contributed by atoms with Crippen LogP contribution in [0.4, 0.5) is 62.3 Å². The predicted octanol–water partition coefficient (Wildman–Crippen LogP) is 8.53. The summed E-state index contributed by atoms with van der Waals surface area (Å²) < 4.78 is 128. The van der Waals surface area contributed by atoms with Crippen molar-refractivity contribution in [1.82, 2.24) is 0 Å². The molecule has 12 heteroatoms. The van der Waals surface area contributed by atoms with Crippen molar-refractivity contribution in [3.05, 3.63) is 106 Å². The Labute approximate surface area is 203 Å². The number of halogens is 9. The van der Waals surface area contributed by atoms with Gasteiger partial charge in [-0.1, -0.05) is 0 Å². The standard InChI is InChI=1S/C25H13F9N2O/c1-10-15(26)17(28)21(32)24(16(10)27)35-11-2-6-13(7-3-11)37-14-8-4-12(5-9-14)36-25-22(33)19(30)18(29)20(31)23(25)34/h2-9,35-36H,1H3. The normalized spacial score (nSPS) is 11.0. The third-order valence-corrected chi connectivity index (χ3v) is 5.18. The number of rotatable bonds is 6. The van der Waals surface area contributed by atoms with E-state index in [1.165, 1.54) is 48.5 Å². The van der Waals surface area contributed by atoms with Crippen LogP contribution in [0.2, 0.25) is 0 Å². The molecule has 37 heavy (non-hydrogen) atoms. The highest BCUT2D eigenvalue weighted by atomic mass is 19.2. The molecule has 0 aliphatic rings. The number of ether oxygens (including phenoxy) is 1. The molecule has 0 saturated heterocycles.